The van der Waals surface area contributed by atoms with Gasteiger partial charge in [-0.25, -0.2) is 9.37 Å². The Balaban J connectivity index is 1.59. The van der Waals surface area contributed by atoms with E-state index in [1.54, 1.807) is 42.7 Å². The molecule has 0 atom stereocenters. The molecule has 2 heterocycles. The van der Waals surface area contributed by atoms with Gasteiger partial charge < -0.3 is 4.42 Å². The van der Waals surface area contributed by atoms with Crippen LogP contribution in [0.2, 0.25) is 5.02 Å². The van der Waals surface area contributed by atoms with Gasteiger partial charge in [-0.15, -0.1) is 11.8 Å². The van der Waals surface area contributed by atoms with E-state index < -0.39 is 5.82 Å². The Hall–Kier alpha value is -2.35. The van der Waals surface area contributed by atoms with E-state index in [9.17, 15) is 9.18 Å². The van der Waals surface area contributed by atoms with E-state index in [2.05, 4.69) is 4.98 Å². The molecule has 0 unspecified atom stereocenters. The van der Waals surface area contributed by atoms with E-state index in [4.69, 9.17) is 16.0 Å². The number of aromatic nitrogens is 1. The van der Waals surface area contributed by atoms with Crippen LogP contribution in [0.15, 0.2) is 70.2 Å². The Labute approximate surface area is 173 Å². The zero-order valence-corrected chi connectivity index (χ0v) is 16.9. The molecule has 0 bridgehead atoms. The van der Waals surface area contributed by atoms with Crippen LogP contribution in [-0.4, -0.2) is 16.6 Å². The Morgan fingerprint density at radius 1 is 1.18 bits per heavy atom. The van der Waals surface area contributed by atoms with E-state index in [1.165, 1.54) is 34.1 Å². The summed E-state index contributed by atoms with van der Waals surface area (Å²) < 4.78 is 20.1. The summed E-state index contributed by atoms with van der Waals surface area (Å²) in [5, 5.41) is 1.09. The molecule has 0 spiro atoms. The van der Waals surface area contributed by atoms with E-state index in [0.29, 0.717) is 20.6 Å². The van der Waals surface area contributed by atoms with Gasteiger partial charge >= 0.3 is 0 Å². The largest absolute Gasteiger partial charge is 0.467 e. The molecule has 0 saturated carbocycles. The maximum atomic E-state index is 14.1. The fraction of sp³-hybridized carbons (Fsp3) is 0.100. The molecule has 4 aromatic rings. The number of halogens is 2. The van der Waals surface area contributed by atoms with E-state index in [1.807, 2.05) is 12.1 Å². The van der Waals surface area contributed by atoms with Gasteiger partial charge in [-0.3, -0.25) is 9.69 Å². The number of furan rings is 1. The van der Waals surface area contributed by atoms with Gasteiger partial charge in [-0.05, 0) is 48.5 Å². The van der Waals surface area contributed by atoms with E-state index >= 15 is 0 Å². The predicted molar refractivity (Wildman–Crippen MR) is 112 cm³/mol. The SMILES string of the molecule is O=C(CSc1ccc(Cl)cc1)N(Cc1ccco1)c1nc2c(F)cccc2s1. The normalized spacial score (nSPS) is 11.1. The van der Waals surface area contributed by atoms with Crippen molar-refractivity contribution in [3.05, 3.63) is 77.5 Å². The summed E-state index contributed by atoms with van der Waals surface area (Å²) in [6.45, 7) is 0.231. The Bertz CT molecular complexity index is 1100. The van der Waals surface area contributed by atoms with Crippen molar-refractivity contribution in [1.29, 1.82) is 0 Å². The molecule has 8 heteroatoms. The quantitative estimate of drug-likeness (QED) is 0.350. The van der Waals surface area contributed by atoms with Crippen molar-refractivity contribution in [2.45, 2.75) is 11.4 Å². The van der Waals surface area contributed by atoms with Crippen LogP contribution in [-0.2, 0) is 11.3 Å². The highest BCUT2D eigenvalue weighted by molar-refractivity contribution is 8.00. The van der Waals surface area contributed by atoms with Crippen molar-refractivity contribution in [2.75, 3.05) is 10.7 Å². The van der Waals surface area contributed by atoms with Crippen LogP contribution in [0.1, 0.15) is 5.76 Å². The Morgan fingerprint density at radius 3 is 2.71 bits per heavy atom. The first-order chi connectivity index (χ1) is 13.6. The molecule has 1 amide bonds. The van der Waals surface area contributed by atoms with Crippen LogP contribution in [0.3, 0.4) is 0 Å². The number of thiazole rings is 1. The molecule has 0 radical (unpaired) electrons. The number of amides is 1. The summed E-state index contributed by atoms with van der Waals surface area (Å²) in [6, 6.07) is 15.6. The van der Waals surface area contributed by atoms with E-state index in [-0.39, 0.29) is 23.7 Å². The molecule has 0 aliphatic rings. The lowest BCUT2D eigenvalue weighted by Gasteiger charge is -2.18. The highest BCUT2D eigenvalue weighted by Gasteiger charge is 2.22. The first-order valence-electron chi connectivity index (χ1n) is 8.36. The topological polar surface area (TPSA) is 46.3 Å². The van der Waals surface area contributed by atoms with Gasteiger partial charge in [0.2, 0.25) is 5.91 Å². The van der Waals surface area contributed by atoms with Crippen molar-refractivity contribution in [3.8, 4) is 0 Å². The molecule has 4 nitrogen and oxygen atoms in total. The van der Waals surface area contributed by atoms with Crippen LogP contribution in [0.4, 0.5) is 9.52 Å². The molecule has 0 saturated heterocycles. The number of hydrogen-bond donors (Lipinski definition) is 0. The number of carbonyl (C=O) groups is 1. The van der Waals surface area contributed by atoms with Gasteiger partial charge in [0.15, 0.2) is 5.13 Å². The number of hydrogen-bond acceptors (Lipinski definition) is 5. The predicted octanol–water partition coefficient (Wildman–Crippen LogP) is 6.01. The highest BCUT2D eigenvalue weighted by Crippen LogP contribution is 2.32. The van der Waals surface area contributed by atoms with Gasteiger partial charge in [0.1, 0.15) is 17.1 Å². The van der Waals surface area contributed by atoms with Gasteiger partial charge in [0, 0.05) is 9.92 Å². The zero-order valence-electron chi connectivity index (χ0n) is 14.5. The first kappa shape index (κ1) is 19.0. The molecule has 0 N–H and O–H groups in total. The van der Waals surface area contributed by atoms with Crippen molar-refractivity contribution in [1.82, 2.24) is 4.98 Å². The Kier molecular flexibility index (Phi) is 5.66. The number of rotatable bonds is 6. The molecular weight excluding hydrogens is 419 g/mol. The zero-order chi connectivity index (χ0) is 19.5. The maximum absolute atomic E-state index is 14.1. The van der Waals surface area contributed by atoms with Crippen LogP contribution < -0.4 is 4.90 Å². The minimum Gasteiger partial charge on any atom is -0.467 e. The standard InChI is InChI=1S/C20H14ClFN2O2S2/c21-13-6-8-15(9-7-13)27-12-18(25)24(11-14-3-2-10-26-14)20-23-19-16(22)4-1-5-17(19)28-20/h1-10H,11-12H2. The summed E-state index contributed by atoms with van der Waals surface area (Å²) in [6.07, 6.45) is 1.55. The molecule has 2 aromatic carbocycles. The lowest BCUT2D eigenvalue weighted by molar-refractivity contribution is -0.116. The number of anilines is 1. The minimum atomic E-state index is -0.402. The van der Waals surface area contributed by atoms with Crippen LogP contribution in [0.5, 0.6) is 0 Å². The highest BCUT2D eigenvalue weighted by atomic mass is 35.5. The lowest BCUT2D eigenvalue weighted by atomic mass is 10.3. The number of nitrogens with zero attached hydrogens (tertiary/aromatic N) is 2. The third-order valence-electron chi connectivity index (χ3n) is 3.96. The third-order valence-corrected chi connectivity index (χ3v) is 6.25. The Morgan fingerprint density at radius 2 is 2.00 bits per heavy atom. The second kappa shape index (κ2) is 8.34. The molecule has 142 valence electrons. The average molecular weight is 433 g/mol. The van der Waals surface area contributed by atoms with Crippen LogP contribution in [0.25, 0.3) is 10.2 Å². The van der Waals surface area contributed by atoms with Gasteiger partial charge in [0.05, 0.1) is 23.3 Å². The van der Waals surface area contributed by atoms with Crippen molar-refractivity contribution < 1.29 is 13.6 Å². The number of para-hydroxylation sites is 1. The fourth-order valence-electron chi connectivity index (χ4n) is 2.59. The molecule has 4 rings (SSSR count). The second-order valence-corrected chi connectivity index (χ2v) is 8.38. The number of carbonyl (C=O) groups excluding carboxylic acids is 1. The summed E-state index contributed by atoms with van der Waals surface area (Å²) in [5.41, 5.74) is 0.269. The summed E-state index contributed by atoms with van der Waals surface area (Å²) in [7, 11) is 0. The van der Waals surface area contributed by atoms with Gasteiger partial charge in [-0.2, -0.15) is 0 Å². The number of thioether (sulfide) groups is 1. The summed E-state index contributed by atoms with van der Waals surface area (Å²) in [5.74, 6) is 0.294. The molecule has 0 aliphatic heterocycles. The minimum absolute atomic E-state index is 0.143. The van der Waals surface area contributed by atoms with Crippen molar-refractivity contribution >= 4 is 56.0 Å². The lowest BCUT2D eigenvalue weighted by Crippen LogP contribution is -2.31. The van der Waals surface area contributed by atoms with Gasteiger partial charge in [0.25, 0.3) is 0 Å². The average Bonchev–Trinajstić information content (AvgIpc) is 3.35. The fourth-order valence-corrected chi connectivity index (χ4v) is 4.49. The van der Waals surface area contributed by atoms with Gasteiger partial charge in [-0.1, -0.05) is 29.0 Å². The van der Waals surface area contributed by atoms with Crippen molar-refractivity contribution in [2.24, 2.45) is 0 Å². The molecule has 0 aliphatic carbocycles. The number of benzene rings is 2. The molecule has 28 heavy (non-hydrogen) atoms. The van der Waals surface area contributed by atoms with Crippen LogP contribution in [0, 0.1) is 5.82 Å². The molecule has 2 aromatic heterocycles. The second-order valence-electron chi connectivity index (χ2n) is 5.88. The summed E-state index contributed by atoms with van der Waals surface area (Å²) >= 11 is 8.59. The van der Waals surface area contributed by atoms with Crippen molar-refractivity contribution in [3.63, 3.8) is 0 Å². The van der Waals surface area contributed by atoms with Crippen LogP contribution >= 0.6 is 34.7 Å². The maximum Gasteiger partial charge on any atom is 0.239 e. The summed E-state index contributed by atoms with van der Waals surface area (Å²) in [4.78, 5) is 19.8. The molecule has 0 fully saturated rings. The first-order valence-corrected chi connectivity index (χ1v) is 10.5. The van der Waals surface area contributed by atoms with E-state index in [0.717, 1.165) is 4.90 Å². The number of fused-ring (bicyclic) bond motifs is 1. The smallest absolute Gasteiger partial charge is 0.239 e. The monoisotopic (exact) mass is 432 g/mol. The molecular formula is C20H14ClFN2O2S2. The third kappa shape index (κ3) is 4.22.